The van der Waals surface area contributed by atoms with Crippen LogP contribution in [0.2, 0.25) is 0 Å². The third-order valence-electron chi connectivity index (χ3n) is 4.36. The van der Waals surface area contributed by atoms with Crippen LogP contribution in [0.4, 0.5) is 0 Å². The monoisotopic (exact) mass is 259 g/mol. The van der Waals surface area contributed by atoms with Gasteiger partial charge in [-0.3, -0.25) is 4.79 Å². The first-order chi connectivity index (χ1) is 9.09. The van der Waals surface area contributed by atoms with Crippen molar-refractivity contribution in [2.75, 3.05) is 13.1 Å². The minimum atomic E-state index is 0.0973. The number of nitrogens with one attached hydrogen (secondary N) is 1. The van der Waals surface area contributed by atoms with E-state index in [0.29, 0.717) is 0 Å². The summed E-state index contributed by atoms with van der Waals surface area (Å²) in [6.45, 7) is 5.41. The molecule has 1 aliphatic rings. The van der Waals surface area contributed by atoms with Crippen LogP contribution in [0.3, 0.4) is 0 Å². The number of hydrogen-bond acceptors (Lipinski definition) is 2. The zero-order valence-electron chi connectivity index (χ0n) is 11.6. The highest BCUT2D eigenvalue weighted by Gasteiger charge is 2.27. The van der Waals surface area contributed by atoms with Crippen molar-refractivity contribution < 1.29 is 0 Å². The van der Waals surface area contributed by atoms with Crippen molar-refractivity contribution in [3.8, 4) is 0 Å². The second-order valence-corrected chi connectivity index (χ2v) is 6.04. The Hall–Kier alpha value is -1.55. The van der Waals surface area contributed by atoms with Gasteiger partial charge in [-0.1, -0.05) is 6.92 Å². The molecule has 0 bridgehead atoms. The maximum Gasteiger partial charge on any atom is 0.274 e. The molecule has 2 aromatic heterocycles. The molecule has 1 aliphatic heterocycles. The van der Waals surface area contributed by atoms with Crippen LogP contribution in [0.1, 0.15) is 19.8 Å². The van der Waals surface area contributed by atoms with E-state index in [9.17, 15) is 4.79 Å². The van der Waals surface area contributed by atoms with E-state index in [1.807, 2.05) is 25.4 Å². The third-order valence-corrected chi connectivity index (χ3v) is 4.36. The van der Waals surface area contributed by atoms with Crippen LogP contribution in [0, 0.1) is 5.41 Å². The van der Waals surface area contributed by atoms with Crippen molar-refractivity contribution in [3.05, 3.63) is 34.9 Å². The van der Waals surface area contributed by atoms with Crippen LogP contribution >= 0.6 is 0 Å². The average molecular weight is 259 g/mol. The molecule has 0 aromatic carbocycles. The van der Waals surface area contributed by atoms with Gasteiger partial charge in [-0.05, 0) is 43.5 Å². The zero-order valence-corrected chi connectivity index (χ0v) is 11.6. The highest BCUT2D eigenvalue weighted by molar-refractivity contribution is 5.78. The zero-order chi connectivity index (χ0) is 13.5. The van der Waals surface area contributed by atoms with Crippen LogP contribution in [0.15, 0.2) is 29.3 Å². The summed E-state index contributed by atoms with van der Waals surface area (Å²) in [6.07, 6.45) is 6.22. The normalized spacial score (nSPS) is 18.8. The van der Waals surface area contributed by atoms with Gasteiger partial charge in [0.2, 0.25) is 0 Å². The number of fused-ring (bicyclic) bond motifs is 1. The van der Waals surface area contributed by atoms with Crippen LogP contribution in [0.5, 0.6) is 0 Å². The minimum Gasteiger partial charge on any atom is -0.342 e. The number of rotatable bonds is 2. The molecule has 4 heteroatoms. The summed E-state index contributed by atoms with van der Waals surface area (Å²) in [7, 11) is 1.81. The standard InChI is InChI=1S/C15H21N3O/c1-15(5-7-16-8-6-15)11-18-10-4-12-3-9-17(2)14(19)13(12)18/h3-4,9-10,16H,5-8,11H2,1-2H3. The van der Waals surface area contributed by atoms with Gasteiger partial charge in [0.25, 0.3) is 5.56 Å². The van der Waals surface area contributed by atoms with Gasteiger partial charge in [0, 0.05) is 31.4 Å². The molecule has 0 amide bonds. The highest BCUT2D eigenvalue weighted by atomic mass is 16.1. The highest BCUT2D eigenvalue weighted by Crippen LogP contribution is 2.31. The lowest BCUT2D eigenvalue weighted by Gasteiger charge is -2.34. The van der Waals surface area contributed by atoms with Gasteiger partial charge in [0.05, 0.1) is 0 Å². The molecule has 19 heavy (non-hydrogen) atoms. The van der Waals surface area contributed by atoms with Crippen molar-refractivity contribution >= 4 is 10.9 Å². The molecule has 0 spiro atoms. The predicted molar refractivity (Wildman–Crippen MR) is 77.4 cm³/mol. The number of piperidine rings is 1. The lowest BCUT2D eigenvalue weighted by molar-refractivity contribution is 0.197. The Morgan fingerprint density at radius 2 is 1.95 bits per heavy atom. The molecule has 0 aliphatic carbocycles. The molecule has 0 atom stereocenters. The van der Waals surface area contributed by atoms with E-state index >= 15 is 0 Å². The second kappa shape index (κ2) is 4.53. The molecule has 3 heterocycles. The molecule has 2 aromatic rings. The fourth-order valence-electron chi connectivity index (χ4n) is 3.03. The van der Waals surface area contributed by atoms with E-state index < -0.39 is 0 Å². The van der Waals surface area contributed by atoms with E-state index in [2.05, 4.69) is 23.0 Å². The Balaban J connectivity index is 2.01. The van der Waals surface area contributed by atoms with E-state index in [-0.39, 0.29) is 11.0 Å². The van der Waals surface area contributed by atoms with Crippen LogP contribution in [-0.4, -0.2) is 22.2 Å². The molecule has 0 radical (unpaired) electrons. The number of nitrogens with zero attached hydrogens (tertiary/aromatic N) is 2. The first-order valence-corrected chi connectivity index (χ1v) is 6.94. The number of pyridine rings is 1. The average Bonchev–Trinajstić information content (AvgIpc) is 2.78. The Morgan fingerprint density at radius 3 is 2.68 bits per heavy atom. The molecule has 1 saturated heterocycles. The lowest BCUT2D eigenvalue weighted by atomic mass is 9.81. The summed E-state index contributed by atoms with van der Waals surface area (Å²) >= 11 is 0. The first-order valence-electron chi connectivity index (χ1n) is 6.94. The Labute approximate surface area is 113 Å². The summed E-state index contributed by atoms with van der Waals surface area (Å²) in [5.41, 5.74) is 1.22. The fraction of sp³-hybridized carbons (Fsp3) is 0.533. The van der Waals surface area contributed by atoms with Gasteiger partial charge in [0.1, 0.15) is 5.52 Å². The van der Waals surface area contributed by atoms with Crippen LogP contribution in [-0.2, 0) is 13.6 Å². The molecule has 0 saturated carbocycles. The van der Waals surface area contributed by atoms with Crippen molar-refractivity contribution in [1.29, 1.82) is 0 Å². The summed E-state index contributed by atoms with van der Waals surface area (Å²) in [5, 5.41) is 4.44. The van der Waals surface area contributed by atoms with E-state index in [4.69, 9.17) is 0 Å². The van der Waals surface area contributed by atoms with Gasteiger partial charge in [-0.25, -0.2) is 0 Å². The SMILES string of the molecule is Cn1ccc2ccn(CC3(C)CCNCC3)c2c1=O. The molecule has 102 valence electrons. The van der Waals surface area contributed by atoms with Gasteiger partial charge >= 0.3 is 0 Å². The number of hydrogen-bond donors (Lipinski definition) is 1. The molecule has 1 fully saturated rings. The van der Waals surface area contributed by atoms with E-state index in [1.165, 1.54) is 12.8 Å². The maximum absolute atomic E-state index is 12.3. The van der Waals surface area contributed by atoms with Gasteiger partial charge in [0.15, 0.2) is 0 Å². The first kappa shape index (κ1) is 12.5. The molecule has 3 rings (SSSR count). The number of aromatic nitrogens is 2. The summed E-state index contributed by atoms with van der Waals surface area (Å²) < 4.78 is 3.80. The van der Waals surface area contributed by atoms with Crippen LogP contribution < -0.4 is 10.9 Å². The van der Waals surface area contributed by atoms with Crippen molar-refractivity contribution in [1.82, 2.24) is 14.5 Å². The Kier molecular flexibility index (Phi) is 2.97. The molecular formula is C15H21N3O. The summed E-state index contributed by atoms with van der Waals surface area (Å²) in [5.74, 6) is 0. The largest absolute Gasteiger partial charge is 0.342 e. The molecule has 4 nitrogen and oxygen atoms in total. The van der Waals surface area contributed by atoms with Crippen molar-refractivity contribution in [2.45, 2.75) is 26.3 Å². The maximum atomic E-state index is 12.3. The molecule has 0 unspecified atom stereocenters. The van der Waals surface area contributed by atoms with Crippen LogP contribution in [0.25, 0.3) is 10.9 Å². The van der Waals surface area contributed by atoms with Gasteiger partial charge < -0.3 is 14.5 Å². The summed E-state index contributed by atoms with van der Waals surface area (Å²) in [4.78, 5) is 12.3. The second-order valence-electron chi connectivity index (χ2n) is 6.04. The van der Waals surface area contributed by atoms with Crippen molar-refractivity contribution in [2.24, 2.45) is 12.5 Å². The summed E-state index contributed by atoms with van der Waals surface area (Å²) in [6, 6.07) is 4.05. The van der Waals surface area contributed by atoms with Crippen molar-refractivity contribution in [3.63, 3.8) is 0 Å². The fourth-order valence-corrected chi connectivity index (χ4v) is 3.03. The third kappa shape index (κ3) is 2.21. The quantitative estimate of drug-likeness (QED) is 0.892. The molecule has 1 N–H and O–H groups in total. The van der Waals surface area contributed by atoms with Gasteiger partial charge in [-0.2, -0.15) is 0 Å². The topological polar surface area (TPSA) is 39.0 Å². The number of aryl methyl sites for hydroxylation is 1. The Bertz CT molecular complexity index is 647. The molecular weight excluding hydrogens is 238 g/mol. The predicted octanol–water partition coefficient (Wildman–Crippen LogP) is 1.73. The van der Waals surface area contributed by atoms with Gasteiger partial charge in [-0.15, -0.1) is 0 Å². The van der Waals surface area contributed by atoms with E-state index in [1.54, 1.807) is 4.57 Å². The minimum absolute atomic E-state index is 0.0973. The Morgan fingerprint density at radius 1 is 1.26 bits per heavy atom. The van der Waals surface area contributed by atoms with E-state index in [0.717, 1.165) is 30.5 Å². The lowest BCUT2D eigenvalue weighted by Crippen LogP contribution is -2.37. The smallest absolute Gasteiger partial charge is 0.274 e.